The summed E-state index contributed by atoms with van der Waals surface area (Å²) < 4.78 is 4.29. The van der Waals surface area contributed by atoms with Gasteiger partial charge in [-0.15, -0.1) is 0 Å². The Morgan fingerprint density at radius 1 is 1.22 bits per heavy atom. The van der Waals surface area contributed by atoms with Crippen LogP contribution in [0.15, 0.2) is 42.9 Å². The monoisotopic (exact) mass is 259 g/mol. The van der Waals surface area contributed by atoms with Gasteiger partial charge < -0.3 is 9.13 Å². The molecule has 92 valence electrons. The highest BCUT2D eigenvalue weighted by Crippen LogP contribution is 2.20. The molecule has 0 aliphatic rings. The first kappa shape index (κ1) is 11.4. The number of halogens is 1. The predicted molar refractivity (Wildman–Crippen MR) is 73.9 cm³/mol. The van der Waals surface area contributed by atoms with Gasteiger partial charge in [0.25, 0.3) is 0 Å². The lowest BCUT2D eigenvalue weighted by Gasteiger charge is -2.05. The number of aromatic nitrogens is 3. The number of fused-ring (bicyclic) bond motifs is 1. The molecule has 0 aliphatic heterocycles. The molecule has 0 fully saturated rings. The summed E-state index contributed by atoms with van der Waals surface area (Å²) in [5, 5.41) is 1.96. The zero-order valence-electron chi connectivity index (χ0n) is 10.2. The Hall–Kier alpha value is -1.74. The number of hydrogen-bond acceptors (Lipinski definition) is 1. The summed E-state index contributed by atoms with van der Waals surface area (Å²) in [6, 6.07) is 8.09. The summed E-state index contributed by atoms with van der Waals surface area (Å²) in [6.07, 6.45) is 6.84. The minimum atomic E-state index is 0.782. The maximum atomic E-state index is 5.98. The number of aryl methyl sites for hydroxylation is 3. The minimum Gasteiger partial charge on any atom is -0.347 e. The molecule has 3 rings (SSSR count). The summed E-state index contributed by atoms with van der Waals surface area (Å²) in [7, 11) is 2.02. The summed E-state index contributed by atoms with van der Waals surface area (Å²) in [5.41, 5.74) is 1.22. The number of rotatable bonds is 3. The van der Waals surface area contributed by atoms with Gasteiger partial charge in [0.05, 0.1) is 0 Å². The Bertz CT molecular complexity index is 681. The van der Waals surface area contributed by atoms with E-state index in [0.29, 0.717) is 0 Å². The molecule has 3 nitrogen and oxygen atoms in total. The van der Waals surface area contributed by atoms with E-state index in [2.05, 4.69) is 32.4 Å². The van der Waals surface area contributed by atoms with Crippen molar-refractivity contribution >= 4 is 22.5 Å². The third-order valence-corrected chi connectivity index (χ3v) is 3.47. The second kappa shape index (κ2) is 4.50. The Balaban J connectivity index is 1.85. The highest BCUT2D eigenvalue weighted by molar-refractivity contribution is 6.31. The number of imidazole rings is 1. The predicted octanol–water partition coefficient (Wildman–Crippen LogP) is 3.27. The fraction of sp³-hybridized carbons (Fsp3) is 0.214. The second-order valence-corrected chi connectivity index (χ2v) is 4.85. The zero-order chi connectivity index (χ0) is 12.5. The lowest BCUT2D eigenvalue weighted by molar-refractivity contribution is 0.668. The van der Waals surface area contributed by atoms with E-state index in [1.807, 2.05) is 31.6 Å². The second-order valence-electron chi connectivity index (χ2n) is 4.42. The van der Waals surface area contributed by atoms with Gasteiger partial charge in [0.1, 0.15) is 5.82 Å². The number of hydrogen-bond donors (Lipinski definition) is 0. The van der Waals surface area contributed by atoms with Crippen LogP contribution in [0.3, 0.4) is 0 Å². The van der Waals surface area contributed by atoms with Crippen LogP contribution in [-0.4, -0.2) is 14.1 Å². The maximum absolute atomic E-state index is 5.98. The average Bonchev–Trinajstić information content (AvgIpc) is 2.93. The van der Waals surface area contributed by atoms with Gasteiger partial charge >= 0.3 is 0 Å². The van der Waals surface area contributed by atoms with Crippen molar-refractivity contribution in [1.82, 2.24) is 14.1 Å². The van der Waals surface area contributed by atoms with Crippen molar-refractivity contribution in [1.29, 1.82) is 0 Å². The molecule has 2 aromatic heterocycles. The first-order valence-electron chi connectivity index (χ1n) is 5.94. The average molecular weight is 260 g/mol. The standard InChI is InChI=1S/C14H14ClN3/c1-17-9-6-16-14(17)5-8-18-7-4-11-10-12(15)2-3-13(11)18/h2-4,6-7,9-10H,5,8H2,1H3. The fourth-order valence-electron chi connectivity index (χ4n) is 2.22. The van der Waals surface area contributed by atoms with E-state index >= 15 is 0 Å². The van der Waals surface area contributed by atoms with Crippen molar-refractivity contribution in [3.05, 3.63) is 53.7 Å². The summed E-state index contributed by atoms with van der Waals surface area (Å²) in [4.78, 5) is 4.34. The third-order valence-electron chi connectivity index (χ3n) is 3.23. The fourth-order valence-corrected chi connectivity index (χ4v) is 2.40. The van der Waals surface area contributed by atoms with Gasteiger partial charge in [-0.3, -0.25) is 0 Å². The van der Waals surface area contributed by atoms with E-state index in [-0.39, 0.29) is 0 Å². The van der Waals surface area contributed by atoms with Crippen LogP contribution in [0.5, 0.6) is 0 Å². The first-order chi connectivity index (χ1) is 8.74. The molecule has 4 heteroatoms. The summed E-state index contributed by atoms with van der Waals surface area (Å²) >= 11 is 5.98. The minimum absolute atomic E-state index is 0.782. The van der Waals surface area contributed by atoms with Gasteiger partial charge in [-0.05, 0) is 24.3 Å². The molecule has 0 saturated heterocycles. The topological polar surface area (TPSA) is 22.8 Å². The van der Waals surface area contributed by atoms with Crippen molar-refractivity contribution < 1.29 is 0 Å². The molecule has 0 aliphatic carbocycles. The molecule has 0 spiro atoms. The third kappa shape index (κ3) is 2.02. The summed E-state index contributed by atoms with van der Waals surface area (Å²) in [6.45, 7) is 0.927. The first-order valence-corrected chi connectivity index (χ1v) is 6.32. The Morgan fingerprint density at radius 2 is 2.11 bits per heavy atom. The van der Waals surface area contributed by atoms with Crippen molar-refractivity contribution in [3.63, 3.8) is 0 Å². The molecule has 0 unspecified atom stereocenters. The van der Waals surface area contributed by atoms with Gasteiger partial charge in [0.15, 0.2) is 0 Å². The lowest BCUT2D eigenvalue weighted by Crippen LogP contribution is -2.04. The van der Waals surface area contributed by atoms with Crippen LogP contribution in [0.2, 0.25) is 5.02 Å². The van der Waals surface area contributed by atoms with Gasteiger partial charge in [-0.2, -0.15) is 0 Å². The summed E-state index contributed by atoms with van der Waals surface area (Å²) in [5.74, 6) is 1.10. The van der Waals surface area contributed by atoms with Crippen LogP contribution in [-0.2, 0) is 20.0 Å². The maximum Gasteiger partial charge on any atom is 0.110 e. The van der Waals surface area contributed by atoms with E-state index in [1.165, 1.54) is 10.9 Å². The highest BCUT2D eigenvalue weighted by Gasteiger charge is 2.04. The van der Waals surface area contributed by atoms with E-state index in [9.17, 15) is 0 Å². The molecule has 18 heavy (non-hydrogen) atoms. The molecule has 0 saturated carbocycles. The van der Waals surface area contributed by atoms with Crippen molar-refractivity contribution in [2.75, 3.05) is 0 Å². The van der Waals surface area contributed by atoms with Gasteiger partial charge in [0, 0.05) is 54.5 Å². The van der Waals surface area contributed by atoms with Crippen molar-refractivity contribution in [2.45, 2.75) is 13.0 Å². The smallest absolute Gasteiger partial charge is 0.110 e. The molecule has 3 aromatic rings. The quantitative estimate of drug-likeness (QED) is 0.708. The molecule has 2 heterocycles. The van der Waals surface area contributed by atoms with Crippen molar-refractivity contribution in [3.8, 4) is 0 Å². The largest absolute Gasteiger partial charge is 0.347 e. The molecular weight excluding hydrogens is 246 g/mol. The lowest BCUT2D eigenvalue weighted by atomic mass is 10.2. The van der Waals surface area contributed by atoms with Gasteiger partial charge in [-0.25, -0.2) is 4.98 Å². The van der Waals surface area contributed by atoms with E-state index in [1.54, 1.807) is 0 Å². The van der Waals surface area contributed by atoms with Crippen LogP contribution in [0.4, 0.5) is 0 Å². The molecule has 1 aromatic carbocycles. The van der Waals surface area contributed by atoms with Crippen LogP contribution in [0.25, 0.3) is 10.9 Å². The zero-order valence-corrected chi connectivity index (χ0v) is 10.9. The molecule has 0 N–H and O–H groups in total. The number of nitrogens with zero attached hydrogens (tertiary/aromatic N) is 3. The molecule has 0 radical (unpaired) electrons. The molecule has 0 bridgehead atoms. The van der Waals surface area contributed by atoms with E-state index in [0.717, 1.165) is 23.8 Å². The Morgan fingerprint density at radius 3 is 2.89 bits per heavy atom. The van der Waals surface area contributed by atoms with Crippen LogP contribution in [0.1, 0.15) is 5.82 Å². The van der Waals surface area contributed by atoms with Gasteiger partial charge in [0.2, 0.25) is 0 Å². The Labute approximate surface area is 111 Å². The van der Waals surface area contributed by atoms with E-state index in [4.69, 9.17) is 11.6 Å². The Kier molecular flexibility index (Phi) is 2.84. The SMILES string of the molecule is Cn1ccnc1CCn1ccc2cc(Cl)ccc21. The van der Waals surface area contributed by atoms with Gasteiger partial charge in [-0.1, -0.05) is 11.6 Å². The van der Waals surface area contributed by atoms with Crippen molar-refractivity contribution in [2.24, 2.45) is 7.05 Å². The normalized spacial score (nSPS) is 11.2. The molecular formula is C14H14ClN3. The number of benzene rings is 1. The molecule has 0 amide bonds. The molecule has 0 atom stereocenters. The van der Waals surface area contributed by atoms with Crippen LogP contribution in [0, 0.1) is 0 Å². The van der Waals surface area contributed by atoms with E-state index < -0.39 is 0 Å². The van der Waals surface area contributed by atoms with Crippen LogP contribution < -0.4 is 0 Å². The van der Waals surface area contributed by atoms with Crippen LogP contribution >= 0.6 is 11.6 Å². The highest BCUT2D eigenvalue weighted by atomic mass is 35.5.